The summed E-state index contributed by atoms with van der Waals surface area (Å²) in [4.78, 5) is 10.6. The predicted molar refractivity (Wildman–Crippen MR) is 67.3 cm³/mol. The van der Waals surface area contributed by atoms with E-state index in [0.29, 0.717) is 6.61 Å². The molecule has 1 aliphatic rings. The van der Waals surface area contributed by atoms with Gasteiger partial charge in [0.2, 0.25) is 0 Å². The van der Waals surface area contributed by atoms with Gasteiger partial charge in [-0.3, -0.25) is 10.1 Å². The Morgan fingerprint density at radius 3 is 3.18 bits per heavy atom. The Bertz CT molecular complexity index is 422. The number of carbonyl (C=O) groups is 1. The summed E-state index contributed by atoms with van der Waals surface area (Å²) >= 11 is 3.40. The number of fused-ring (bicyclic) bond motifs is 1. The topological polar surface area (TPSA) is 58.6 Å². The van der Waals surface area contributed by atoms with Gasteiger partial charge in [0, 0.05) is 16.1 Å². The van der Waals surface area contributed by atoms with E-state index in [-0.39, 0.29) is 12.6 Å². The lowest BCUT2D eigenvalue weighted by Gasteiger charge is -2.17. The van der Waals surface area contributed by atoms with Crippen LogP contribution in [0.25, 0.3) is 0 Å². The number of rotatable bonds is 3. The molecule has 92 valence electrons. The molecule has 0 amide bonds. The van der Waals surface area contributed by atoms with Crippen molar-refractivity contribution in [2.75, 3.05) is 13.2 Å². The average Bonchev–Trinajstić information content (AvgIpc) is 2.48. The molecule has 1 heterocycles. The van der Waals surface area contributed by atoms with Crippen molar-refractivity contribution in [1.82, 2.24) is 5.32 Å². The van der Waals surface area contributed by atoms with Gasteiger partial charge in [0.15, 0.2) is 0 Å². The molecule has 0 saturated heterocycles. The van der Waals surface area contributed by atoms with Crippen molar-refractivity contribution in [3.05, 3.63) is 28.2 Å². The molecular formula is C12H14BrNO3. The van der Waals surface area contributed by atoms with Crippen LogP contribution < -0.4 is 10.1 Å². The van der Waals surface area contributed by atoms with Gasteiger partial charge in [0.1, 0.15) is 5.75 Å². The maximum absolute atomic E-state index is 10.6. The standard InChI is InChI=1S/C12H14BrNO3/c13-8-3-4-9-10(14-7-12(15)16)2-1-5-17-11(9)6-8/h3-4,6,10,14H,1-2,5,7H2,(H,15,16). The van der Waals surface area contributed by atoms with E-state index in [9.17, 15) is 4.79 Å². The Morgan fingerprint density at radius 1 is 1.59 bits per heavy atom. The first-order chi connectivity index (χ1) is 8.16. The van der Waals surface area contributed by atoms with Crippen LogP contribution in [0.1, 0.15) is 24.4 Å². The molecule has 0 spiro atoms. The lowest BCUT2D eigenvalue weighted by molar-refractivity contribution is -0.136. The lowest BCUT2D eigenvalue weighted by Crippen LogP contribution is -2.27. The van der Waals surface area contributed by atoms with E-state index in [1.54, 1.807) is 0 Å². The van der Waals surface area contributed by atoms with E-state index < -0.39 is 5.97 Å². The Morgan fingerprint density at radius 2 is 2.41 bits per heavy atom. The number of hydrogen-bond donors (Lipinski definition) is 2. The predicted octanol–water partition coefficient (Wildman–Crippen LogP) is 2.34. The van der Waals surface area contributed by atoms with Gasteiger partial charge >= 0.3 is 5.97 Å². The minimum absolute atomic E-state index is 0.0276. The Balaban J connectivity index is 2.20. The third kappa shape index (κ3) is 3.20. The zero-order chi connectivity index (χ0) is 12.3. The highest BCUT2D eigenvalue weighted by Crippen LogP contribution is 2.33. The largest absolute Gasteiger partial charge is 0.493 e. The second-order valence-electron chi connectivity index (χ2n) is 4.00. The molecule has 0 saturated carbocycles. The van der Waals surface area contributed by atoms with Crippen molar-refractivity contribution in [2.45, 2.75) is 18.9 Å². The Labute approximate surface area is 108 Å². The molecule has 0 aliphatic carbocycles. The summed E-state index contributed by atoms with van der Waals surface area (Å²) in [6.45, 7) is 0.648. The van der Waals surface area contributed by atoms with Gasteiger partial charge in [0.05, 0.1) is 13.2 Å². The first-order valence-corrected chi connectivity index (χ1v) is 6.33. The quantitative estimate of drug-likeness (QED) is 0.899. The minimum Gasteiger partial charge on any atom is -0.493 e. The van der Waals surface area contributed by atoms with Crippen LogP contribution in [0.15, 0.2) is 22.7 Å². The molecule has 0 radical (unpaired) electrons. The van der Waals surface area contributed by atoms with Crippen molar-refractivity contribution in [2.24, 2.45) is 0 Å². The van der Waals surface area contributed by atoms with Crippen LogP contribution in [-0.4, -0.2) is 24.2 Å². The minimum atomic E-state index is -0.839. The van der Waals surface area contributed by atoms with Crippen LogP contribution in [0.4, 0.5) is 0 Å². The van der Waals surface area contributed by atoms with Crippen LogP contribution in [-0.2, 0) is 4.79 Å². The van der Waals surface area contributed by atoms with E-state index in [4.69, 9.17) is 9.84 Å². The summed E-state index contributed by atoms with van der Waals surface area (Å²) in [5.41, 5.74) is 1.03. The summed E-state index contributed by atoms with van der Waals surface area (Å²) in [6, 6.07) is 5.90. The van der Waals surface area contributed by atoms with Gasteiger partial charge in [-0.2, -0.15) is 0 Å². The maximum atomic E-state index is 10.6. The van der Waals surface area contributed by atoms with E-state index >= 15 is 0 Å². The number of halogens is 1. The van der Waals surface area contributed by atoms with Crippen molar-refractivity contribution in [3.8, 4) is 5.75 Å². The van der Waals surface area contributed by atoms with Crippen molar-refractivity contribution in [3.63, 3.8) is 0 Å². The molecule has 4 nitrogen and oxygen atoms in total. The molecule has 2 rings (SSSR count). The fraction of sp³-hybridized carbons (Fsp3) is 0.417. The molecule has 0 bridgehead atoms. The zero-order valence-electron chi connectivity index (χ0n) is 9.28. The first-order valence-electron chi connectivity index (χ1n) is 5.54. The number of benzene rings is 1. The van der Waals surface area contributed by atoms with E-state index in [2.05, 4.69) is 21.2 Å². The SMILES string of the molecule is O=C(O)CNC1CCCOc2cc(Br)ccc21. The molecule has 5 heteroatoms. The molecule has 1 atom stereocenters. The molecular weight excluding hydrogens is 286 g/mol. The van der Waals surface area contributed by atoms with Crippen LogP contribution in [0.5, 0.6) is 5.75 Å². The third-order valence-electron chi connectivity index (χ3n) is 2.75. The normalized spacial score (nSPS) is 19.0. The second kappa shape index (κ2) is 5.51. The summed E-state index contributed by atoms with van der Waals surface area (Å²) in [5.74, 6) is -0.00593. The molecule has 0 aromatic heterocycles. The molecule has 0 fully saturated rings. The average molecular weight is 300 g/mol. The van der Waals surface area contributed by atoms with Gasteiger partial charge < -0.3 is 9.84 Å². The maximum Gasteiger partial charge on any atom is 0.317 e. The fourth-order valence-electron chi connectivity index (χ4n) is 1.97. The van der Waals surface area contributed by atoms with Crippen molar-refractivity contribution < 1.29 is 14.6 Å². The number of aliphatic carboxylic acids is 1. The molecule has 1 aromatic rings. The molecule has 2 N–H and O–H groups in total. The third-order valence-corrected chi connectivity index (χ3v) is 3.24. The number of nitrogens with one attached hydrogen (secondary N) is 1. The summed E-state index contributed by atoms with van der Waals surface area (Å²) in [7, 11) is 0. The van der Waals surface area contributed by atoms with E-state index in [1.807, 2.05) is 18.2 Å². The van der Waals surface area contributed by atoms with Gasteiger partial charge in [-0.05, 0) is 25.0 Å². The summed E-state index contributed by atoms with van der Waals surface area (Å²) < 4.78 is 6.62. The number of hydrogen-bond acceptors (Lipinski definition) is 3. The van der Waals surface area contributed by atoms with Crippen molar-refractivity contribution in [1.29, 1.82) is 0 Å². The number of ether oxygens (including phenoxy) is 1. The highest BCUT2D eigenvalue weighted by atomic mass is 79.9. The highest BCUT2D eigenvalue weighted by molar-refractivity contribution is 9.10. The van der Waals surface area contributed by atoms with E-state index in [1.165, 1.54) is 0 Å². The van der Waals surface area contributed by atoms with Crippen LogP contribution in [0, 0.1) is 0 Å². The van der Waals surface area contributed by atoms with Gasteiger partial charge in [-0.25, -0.2) is 0 Å². The Kier molecular flexibility index (Phi) is 4.02. The second-order valence-corrected chi connectivity index (χ2v) is 4.92. The van der Waals surface area contributed by atoms with Gasteiger partial charge in [-0.15, -0.1) is 0 Å². The molecule has 1 aliphatic heterocycles. The van der Waals surface area contributed by atoms with Crippen LogP contribution in [0.3, 0.4) is 0 Å². The number of carboxylic acid groups (broad SMARTS) is 1. The molecule has 17 heavy (non-hydrogen) atoms. The van der Waals surface area contributed by atoms with Crippen LogP contribution >= 0.6 is 15.9 Å². The fourth-order valence-corrected chi connectivity index (χ4v) is 2.31. The summed E-state index contributed by atoms with van der Waals surface area (Å²) in [6.07, 6.45) is 1.81. The summed E-state index contributed by atoms with van der Waals surface area (Å²) in [5, 5.41) is 11.7. The molecule has 1 aromatic carbocycles. The Hall–Kier alpha value is -1.07. The van der Waals surface area contributed by atoms with E-state index in [0.717, 1.165) is 28.6 Å². The number of carboxylic acids is 1. The highest BCUT2D eigenvalue weighted by Gasteiger charge is 2.20. The smallest absolute Gasteiger partial charge is 0.317 e. The van der Waals surface area contributed by atoms with Crippen molar-refractivity contribution >= 4 is 21.9 Å². The van der Waals surface area contributed by atoms with Crippen LogP contribution in [0.2, 0.25) is 0 Å². The monoisotopic (exact) mass is 299 g/mol. The van der Waals surface area contributed by atoms with Gasteiger partial charge in [0.25, 0.3) is 0 Å². The lowest BCUT2D eigenvalue weighted by atomic mass is 10.0. The first kappa shape index (κ1) is 12.4. The zero-order valence-corrected chi connectivity index (χ0v) is 10.9. The molecule has 1 unspecified atom stereocenters. The van der Waals surface area contributed by atoms with Gasteiger partial charge in [-0.1, -0.05) is 22.0 Å².